The summed E-state index contributed by atoms with van der Waals surface area (Å²) in [6, 6.07) is 2.63. The van der Waals surface area contributed by atoms with Crippen LogP contribution < -0.4 is 4.90 Å². The lowest BCUT2D eigenvalue weighted by atomic mass is 10.1. The molecule has 0 atom stereocenters. The Morgan fingerprint density at radius 1 is 1.00 bits per heavy atom. The Kier molecular flexibility index (Phi) is 3.64. The fourth-order valence-corrected chi connectivity index (χ4v) is 2.40. The standard InChI is InChI=1S/C12H15N3O4/c1-9-7-11(13-5-3-2-4-6-13)12(15(18)19)8-10(9)14(16)17/h7-8H,2-6H2,1H3. The number of nitrogens with zero attached hydrogens (tertiary/aromatic N) is 3. The second-order valence-corrected chi connectivity index (χ2v) is 4.69. The van der Waals surface area contributed by atoms with Gasteiger partial charge in [-0.3, -0.25) is 20.2 Å². The van der Waals surface area contributed by atoms with Crippen molar-refractivity contribution in [1.82, 2.24) is 0 Å². The summed E-state index contributed by atoms with van der Waals surface area (Å²) in [7, 11) is 0. The van der Waals surface area contributed by atoms with E-state index in [0.29, 0.717) is 11.3 Å². The normalized spacial score (nSPS) is 15.3. The number of piperidine rings is 1. The fourth-order valence-electron chi connectivity index (χ4n) is 2.40. The highest BCUT2D eigenvalue weighted by Gasteiger charge is 2.26. The minimum atomic E-state index is -0.581. The van der Waals surface area contributed by atoms with E-state index in [1.165, 1.54) is 0 Å². The van der Waals surface area contributed by atoms with Gasteiger partial charge < -0.3 is 4.90 Å². The molecule has 1 saturated heterocycles. The first-order valence-electron chi connectivity index (χ1n) is 6.19. The van der Waals surface area contributed by atoms with Gasteiger partial charge in [-0.05, 0) is 32.3 Å². The maximum Gasteiger partial charge on any atom is 0.299 e. The zero-order chi connectivity index (χ0) is 14.0. The minimum Gasteiger partial charge on any atom is -0.366 e. The molecule has 1 aromatic carbocycles. The molecule has 1 fully saturated rings. The highest BCUT2D eigenvalue weighted by Crippen LogP contribution is 2.35. The highest BCUT2D eigenvalue weighted by molar-refractivity contribution is 5.69. The van der Waals surface area contributed by atoms with Gasteiger partial charge in [0.15, 0.2) is 0 Å². The van der Waals surface area contributed by atoms with E-state index in [9.17, 15) is 20.2 Å². The lowest BCUT2D eigenvalue weighted by Crippen LogP contribution is -2.30. The van der Waals surface area contributed by atoms with Crippen LogP contribution in [0.5, 0.6) is 0 Å². The van der Waals surface area contributed by atoms with E-state index in [-0.39, 0.29) is 11.4 Å². The molecule has 7 nitrogen and oxygen atoms in total. The van der Waals surface area contributed by atoms with Crippen LogP contribution in [0, 0.1) is 27.2 Å². The molecule has 0 amide bonds. The summed E-state index contributed by atoms with van der Waals surface area (Å²) < 4.78 is 0. The summed E-state index contributed by atoms with van der Waals surface area (Å²) in [6.07, 6.45) is 3.11. The molecule has 0 radical (unpaired) electrons. The van der Waals surface area contributed by atoms with Crippen LogP contribution in [0.3, 0.4) is 0 Å². The molecule has 0 spiro atoms. The van der Waals surface area contributed by atoms with Crippen LogP contribution in [0.1, 0.15) is 24.8 Å². The van der Waals surface area contributed by atoms with Crippen LogP contribution >= 0.6 is 0 Å². The Bertz CT molecular complexity index is 524. The van der Waals surface area contributed by atoms with Crippen molar-refractivity contribution in [1.29, 1.82) is 0 Å². The molecule has 7 heteroatoms. The number of rotatable bonds is 3. The quantitative estimate of drug-likeness (QED) is 0.619. The first kappa shape index (κ1) is 13.3. The van der Waals surface area contributed by atoms with Crippen LogP contribution in [-0.2, 0) is 0 Å². The van der Waals surface area contributed by atoms with E-state index in [1.807, 2.05) is 4.90 Å². The molecule has 0 aromatic heterocycles. The summed E-state index contributed by atoms with van der Waals surface area (Å²) in [4.78, 5) is 22.8. The van der Waals surface area contributed by atoms with E-state index in [4.69, 9.17) is 0 Å². The van der Waals surface area contributed by atoms with Gasteiger partial charge >= 0.3 is 0 Å². The van der Waals surface area contributed by atoms with Crippen molar-refractivity contribution < 1.29 is 9.85 Å². The van der Waals surface area contributed by atoms with Gasteiger partial charge in [-0.15, -0.1) is 0 Å². The van der Waals surface area contributed by atoms with E-state index in [0.717, 1.165) is 38.4 Å². The van der Waals surface area contributed by atoms with Gasteiger partial charge in [-0.2, -0.15) is 0 Å². The maximum atomic E-state index is 11.1. The Balaban J connectivity index is 2.49. The average molecular weight is 265 g/mol. The molecule has 1 aliphatic heterocycles. The van der Waals surface area contributed by atoms with Crippen LogP contribution in [0.2, 0.25) is 0 Å². The SMILES string of the molecule is Cc1cc(N2CCCCC2)c([N+](=O)[O-])cc1[N+](=O)[O-]. The van der Waals surface area contributed by atoms with Crippen molar-refractivity contribution >= 4 is 17.1 Å². The molecule has 0 saturated carbocycles. The smallest absolute Gasteiger partial charge is 0.299 e. The van der Waals surface area contributed by atoms with E-state index < -0.39 is 9.85 Å². The molecule has 102 valence electrons. The van der Waals surface area contributed by atoms with Crippen molar-refractivity contribution in [2.75, 3.05) is 18.0 Å². The molecular weight excluding hydrogens is 250 g/mol. The molecule has 2 rings (SSSR count). The molecule has 0 unspecified atom stereocenters. The molecule has 19 heavy (non-hydrogen) atoms. The number of hydrogen-bond acceptors (Lipinski definition) is 5. The number of benzene rings is 1. The van der Waals surface area contributed by atoms with Crippen LogP contribution in [0.25, 0.3) is 0 Å². The Morgan fingerprint density at radius 2 is 1.58 bits per heavy atom. The topological polar surface area (TPSA) is 89.5 Å². The number of nitro benzene ring substituents is 2. The second kappa shape index (κ2) is 5.21. The third-order valence-corrected chi connectivity index (χ3v) is 3.38. The Morgan fingerprint density at radius 3 is 2.11 bits per heavy atom. The van der Waals surface area contributed by atoms with Gasteiger partial charge in [-0.25, -0.2) is 0 Å². The van der Waals surface area contributed by atoms with E-state index in [2.05, 4.69) is 0 Å². The van der Waals surface area contributed by atoms with Crippen molar-refractivity contribution in [2.24, 2.45) is 0 Å². The molecular formula is C12H15N3O4. The maximum absolute atomic E-state index is 11.1. The predicted molar refractivity (Wildman–Crippen MR) is 70.6 cm³/mol. The van der Waals surface area contributed by atoms with E-state index in [1.54, 1.807) is 13.0 Å². The predicted octanol–water partition coefficient (Wildman–Crippen LogP) is 2.80. The number of aryl methyl sites for hydroxylation is 1. The summed E-state index contributed by atoms with van der Waals surface area (Å²) in [5.41, 5.74) is 0.565. The van der Waals surface area contributed by atoms with E-state index >= 15 is 0 Å². The largest absolute Gasteiger partial charge is 0.366 e. The van der Waals surface area contributed by atoms with Gasteiger partial charge in [-0.1, -0.05) is 0 Å². The van der Waals surface area contributed by atoms with Crippen LogP contribution in [0.15, 0.2) is 12.1 Å². The minimum absolute atomic E-state index is 0.181. The lowest BCUT2D eigenvalue weighted by molar-refractivity contribution is -0.394. The van der Waals surface area contributed by atoms with Crippen molar-refractivity contribution in [2.45, 2.75) is 26.2 Å². The monoisotopic (exact) mass is 265 g/mol. The number of nitro groups is 2. The third kappa shape index (κ3) is 2.64. The summed E-state index contributed by atoms with van der Waals surface area (Å²) >= 11 is 0. The molecule has 1 aromatic rings. The van der Waals surface area contributed by atoms with Gasteiger partial charge in [0.1, 0.15) is 5.69 Å². The van der Waals surface area contributed by atoms with Gasteiger partial charge in [0.25, 0.3) is 11.4 Å². The summed E-state index contributed by atoms with van der Waals surface area (Å²) in [5.74, 6) is 0. The Hall–Kier alpha value is -2.18. The highest BCUT2D eigenvalue weighted by atomic mass is 16.6. The molecule has 1 aliphatic rings. The molecule has 0 bridgehead atoms. The van der Waals surface area contributed by atoms with Gasteiger partial charge in [0.05, 0.1) is 15.9 Å². The summed E-state index contributed by atoms with van der Waals surface area (Å²) in [5, 5.41) is 22.0. The number of hydrogen-bond donors (Lipinski definition) is 0. The molecule has 1 heterocycles. The zero-order valence-electron chi connectivity index (χ0n) is 10.7. The third-order valence-electron chi connectivity index (χ3n) is 3.38. The van der Waals surface area contributed by atoms with Gasteiger partial charge in [0, 0.05) is 18.7 Å². The van der Waals surface area contributed by atoms with Crippen molar-refractivity contribution in [3.8, 4) is 0 Å². The summed E-state index contributed by atoms with van der Waals surface area (Å²) in [6.45, 7) is 3.13. The Labute approximate surface area is 110 Å². The first-order valence-corrected chi connectivity index (χ1v) is 6.19. The van der Waals surface area contributed by atoms with Crippen molar-refractivity contribution in [3.05, 3.63) is 37.9 Å². The zero-order valence-corrected chi connectivity index (χ0v) is 10.7. The molecule has 0 aliphatic carbocycles. The van der Waals surface area contributed by atoms with Gasteiger partial charge in [0.2, 0.25) is 0 Å². The fraction of sp³-hybridized carbons (Fsp3) is 0.500. The van der Waals surface area contributed by atoms with Crippen LogP contribution in [0.4, 0.5) is 17.1 Å². The average Bonchev–Trinajstić information content (AvgIpc) is 2.38. The molecule has 0 N–H and O–H groups in total. The van der Waals surface area contributed by atoms with Crippen LogP contribution in [-0.4, -0.2) is 22.9 Å². The van der Waals surface area contributed by atoms with Crippen molar-refractivity contribution in [3.63, 3.8) is 0 Å². The first-order chi connectivity index (χ1) is 9.00. The number of anilines is 1. The lowest BCUT2D eigenvalue weighted by Gasteiger charge is -2.28. The second-order valence-electron chi connectivity index (χ2n) is 4.69.